The van der Waals surface area contributed by atoms with Crippen molar-refractivity contribution < 1.29 is 9.59 Å². The summed E-state index contributed by atoms with van der Waals surface area (Å²) in [6.45, 7) is 9.91. The van der Waals surface area contributed by atoms with E-state index in [1.807, 2.05) is 39.0 Å². The Morgan fingerprint density at radius 1 is 1.30 bits per heavy atom. The van der Waals surface area contributed by atoms with Crippen LogP contribution in [0.3, 0.4) is 0 Å². The van der Waals surface area contributed by atoms with Gasteiger partial charge in [0.05, 0.1) is 11.4 Å². The predicted octanol–water partition coefficient (Wildman–Crippen LogP) is 3.67. The van der Waals surface area contributed by atoms with Gasteiger partial charge in [0.25, 0.3) is 0 Å². The third-order valence-electron chi connectivity index (χ3n) is 3.42. The van der Waals surface area contributed by atoms with Gasteiger partial charge in [-0.05, 0) is 43.9 Å². The summed E-state index contributed by atoms with van der Waals surface area (Å²) in [4.78, 5) is 30.0. The van der Waals surface area contributed by atoms with Crippen LogP contribution in [0.25, 0.3) is 0 Å². The van der Waals surface area contributed by atoms with Crippen LogP contribution in [-0.4, -0.2) is 28.9 Å². The molecule has 0 aromatic heterocycles. The Labute approximate surface area is 141 Å². The molecule has 1 N–H and O–H groups in total. The van der Waals surface area contributed by atoms with Crippen LogP contribution < -0.4 is 10.2 Å². The molecule has 0 atom stereocenters. The van der Waals surface area contributed by atoms with Crippen molar-refractivity contribution >= 4 is 34.6 Å². The number of urea groups is 1. The second kappa shape index (κ2) is 7.17. The molecule has 2 rings (SSSR count). The molecule has 1 heterocycles. The number of aliphatic imine (C=N–C) groups is 1. The number of aryl methyl sites for hydroxylation is 1. The number of thioether (sulfide) groups is 1. The normalized spacial score (nSPS) is 16.7. The molecule has 23 heavy (non-hydrogen) atoms. The Morgan fingerprint density at radius 3 is 2.61 bits per heavy atom. The minimum absolute atomic E-state index is 0.00704. The summed E-state index contributed by atoms with van der Waals surface area (Å²) in [7, 11) is 0. The lowest BCUT2D eigenvalue weighted by Gasteiger charge is -2.22. The van der Waals surface area contributed by atoms with Gasteiger partial charge in [-0.2, -0.15) is 4.99 Å². The van der Waals surface area contributed by atoms with Crippen molar-refractivity contribution in [1.82, 2.24) is 5.32 Å². The molecule has 1 aliphatic heterocycles. The Morgan fingerprint density at radius 2 is 2.00 bits per heavy atom. The van der Waals surface area contributed by atoms with Gasteiger partial charge in [0, 0.05) is 6.04 Å². The van der Waals surface area contributed by atoms with Gasteiger partial charge in [0.1, 0.15) is 0 Å². The molecule has 0 aliphatic carbocycles. The highest BCUT2D eigenvalue weighted by Crippen LogP contribution is 2.34. The van der Waals surface area contributed by atoms with Crippen molar-refractivity contribution in [2.75, 3.05) is 10.7 Å². The second-order valence-corrected chi connectivity index (χ2v) is 7.18. The Hall–Kier alpha value is -1.82. The third kappa shape index (κ3) is 4.13. The first kappa shape index (κ1) is 17.5. The number of hydrogen-bond donors (Lipinski definition) is 1. The minimum Gasteiger partial charge on any atom is -0.334 e. The van der Waals surface area contributed by atoms with Crippen molar-refractivity contribution in [2.24, 2.45) is 4.99 Å². The van der Waals surface area contributed by atoms with Gasteiger partial charge in [0.15, 0.2) is 5.17 Å². The van der Waals surface area contributed by atoms with Gasteiger partial charge in [0.2, 0.25) is 5.91 Å². The van der Waals surface area contributed by atoms with Crippen LogP contribution >= 0.6 is 11.8 Å². The largest absolute Gasteiger partial charge is 0.343 e. The van der Waals surface area contributed by atoms with Crippen LogP contribution in [0.5, 0.6) is 0 Å². The number of rotatable bonds is 3. The van der Waals surface area contributed by atoms with Gasteiger partial charge in [-0.1, -0.05) is 37.7 Å². The van der Waals surface area contributed by atoms with Crippen molar-refractivity contribution in [3.63, 3.8) is 0 Å². The maximum atomic E-state index is 12.4. The molecule has 1 fully saturated rings. The summed E-state index contributed by atoms with van der Waals surface area (Å²) in [6, 6.07) is 5.65. The number of carbonyl (C=O) groups excluding carboxylic acids is 2. The molecule has 0 saturated carbocycles. The topological polar surface area (TPSA) is 61.8 Å². The smallest absolute Gasteiger partial charge is 0.334 e. The summed E-state index contributed by atoms with van der Waals surface area (Å²) >= 11 is 1.30. The number of amidine groups is 1. The van der Waals surface area contributed by atoms with Crippen LogP contribution in [0.2, 0.25) is 0 Å². The average molecular weight is 333 g/mol. The lowest BCUT2D eigenvalue weighted by Crippen LogP contribution is -2.33. The van der Waals surface area contributed by atoms with E-state index >= 15 is 0 Å². The van der Waals surface area contributed by atoms with E-state index in [2.05, 4.69) is 24.2 Å². The summed E-state index contributed by atoms with van der Waals surface area (Å²) in [5.74, 6) is 0.535. The van der Waals surface area contributed by atoms with Crippen molar-refractivity contribution in [3.8, 4) is 0 Å². The Kier molecular flexibility index (Phi) is 5.46. The molecule has 1 aromatic rings. The monoisotopic (exact) mass is 333 g/mol. The maximum Gasteiger partial charge on any atom is 0.343 e. The van der Waals surface area contributed by atoms with Gasteiger partial charge >= 0.3 is 6.03 Å². The molecule has 0 unspecified atom stereocenters. The molecule has 3 amide bonds. The van der Waals surface area contributed by atoms with E-state index in [0.29, 0.717) is 10.9 Å². The van der Waals surface area contributed by atoms with Crippen molar-refractivity contribution in [2.45, 2.75) is 46.6 Å². The Balaban J connectivity index is 2.43. The second-order valence-electron chi connectivity index (χ2n) is 6.23. The van der Waals surface area contributed by atoms with Gasteiger partial charge in [-0.3, -0.25) is 9.69 Å². The first-order valence-electron chi connectivity index (χ1n) is 7.75. The quantitative estimate of drug-likeness (QED) is 0.918. The molecule has 5 nitrogen and oxygen atoms in total. The van der Waals surface area contributed by atoms with Crippen LogP contribution in [0.1, 0.15) is 44.7 Å². The van der Waals surface area contributed by atoms with Crippen molar-refractivity contribution in [3.05, 3.63) is 29.3 Å². The van der Waals surface area contributed by atoms with Crippen LogP contribution in [0, 0.1) is 6.92 Å². The standard InChI is InChI=1S/C17H23N3O2S/c1-10(2)13-7-6-12(5)8-14(13)20-15(21)9-23-17(20)19-16(22)18-11(3)4/h6-8,10-11H,9H2,1-5H3,(H,18,22). The molecule has 6 heteroatoms. The fourth-order valence-electron chi connectivity index (χ4n) is 2.38. The maximum absolute atomic E-state index is 12.4. The molecule has 0 radical (unpaired) electrons. The average Bonchev–Trinajstić information content (AvgIpc) is 2.78. The molecule has 0 spiro atoms. The highest BCUT2D eigenvalue weighted by atomic mass is 32.2. The van der Waals surface area contributed by atoms with E-state index in [9.17, 15) is 9.59 Å². The van der Waals surface area contributed by atoms with Crippen LogP contribution in [-0.2, 0) is 4.79 Å². The van der Waals surface area contributed by atoms with Gasteiger partial charge < -0.3 is 5.32 Å². The molecule has 1 aromatic carbocycles. The van der Waals surface area contributed by atoms with Crippen molar-refractivity contribution in [1.29, 1.82) is 0 Å². The van der Waals surface area contributed by atoms with Gasteiger partial charge in [-0.25, -0.2) is 4.79 Å². The van der Waals surface area contributed by atoms with E-state index in [1.54, 1.807) is 4.90 Å². The number of nitrogens with one attached hydrogen (secondary N) is 1. The fourth-order valence-corrected chi connectivity index (χ4v) is 3.24. The lowest BCUT2D eigenvalue weighted by molar-refractivity contribution is -0.115. The molecule has 1 saturated heterocycles. The molecular weight excluding hydrogens is 310 g/mol. The summed E-state index contributed by atoms with van der Waals surface area (Å²) in [5, 5.41) is 3.17. The molecular formula is C17H23N3O2S. The van der Waals surface area contributed by atoms with E-state index in [1.165, 1.54) is 11.8 Å². The number of benzene rings is 1. The molecule has 0 bridgehead atoms. The van der Waals surface area contributed by atoms with Crippen LogP contribution in [0.15, 0.2) is 23.2 Å². The number of anilines is 1. The Bertz CT molecular complexity index is 653. The van der Waals surface area contributed by atoms with E-state index < -0.39 is 6.03 Å². The predicted molar refractivity (Wildman–Crippen MR) is 96.3 cm³/mol. The summed E-state index contributed by atoms with van der Waals surface area (Å²) in [6.07, 6.45) is 0. The lowest BCUT2D eigenvalue weighted by atomic mass is 9.99. The number of carbonyl (C=O) groups is 2. The van der Waals surface area contributed by atoms with E-state index in [0.717, 1.165) is 16.8 Å². The third-order valence-corrected chi connectivity index (χ3v) is 4.35. The molecule has 124 valence electrons. The number of amides is 3. The molecule has 1 aliphatic rings. The summed E-state index contributed by atoms with van der Waals surface area (Å²) < 4.78 is 0. The van der Waals surface area contributed by atoms with Crippen LogP contribution in [0.4, 0.5) is 10.5 Å². The zero-order valence-corrected chi connectivity index (χ0v) is 15.0. The van der Waals surface area contributed by atoms with E-state index in [4.69, 9.17) is 0 Å². The summed E-state index contributed by atoms with van der Waals surface area (Å²) in [5.41, 5.74) is 2.97. The zero-order valence-electron chi connectivity index (χ0n) is 14.2. The minimum atomic E-state index is -0.416. The number of nitrogens with zero attached hydrogens (tertiary/aromatic N) is 2. The SMILES string of the molecule is Cc1ccc(C(C)C)c(N2C(=O)CSC2=NC(=O)NC(C)C)c1. The fraction of sp³-hybridized carbons (Fsp3) is 0.471. The van der Waals surface area contributed by atoms with E-state index in [-0.39, 0.29) is 17.9 Å². The highest BCUT2D eigenvalue weighted by molar-refractivity contribution is 8.15. The zero-order chi connectivity index (χ0) is 17.1. The van der Waals surface area contributed by atoms with Gasteiger partial charge in [-0.15, -0.1) is 0 Å². The highest BCUT2D eigenvalue weighted by Gasteiger charge is 2.32. The first-order chi connectivity index (χ1) is 10.8. The first-order valence-corrected chi connectivity index (χ1v) is 8.73. The number of hydrogen-bond acceptors (Lipinski definition) is 3.